The van der Waals surface area contributed by atoms with Gasteiger partial charge < -0.3 is 11.1 Å². The average Bonchev–Trinajstić information content (AvgIpc) is 2.26. The number of amides is 1. The van der Waals surface area contributed by atoms with Gasteiger partial charge in [0.2, 0.25) is 5.91 Å². The molecule has 1 rings (SSSR count). The summed E-state index contributed by atoms with van der Waals surface area (Å²) in [6, 6.07) is 8.25. The predicted octanol–water partition coefficient (Wildman–Crippen LogP) is 2.72. The fourth-order valence-corrected chi connectivity index (χ4v) is 1.77. The summed E-state index contributed by atoms with van der Waals surface area (Å²) in [5.41, 5.74) is 7.98. The number of rotatable bonds is 5. The Kier molecular flexibility index (Phi) is 7.64. The summed E-state index contributed by atoms with van der Waals surface area (Å²) < 4.78 is 0. The van der Waals surface area contributed by atoms with Gasteiger partial charge in [0.05, 0.1) is 6.04 Å². The van der Waals surface area contributed by atoms with Crippen LogP contribution in [0.25, 0.3) is 0 Å². The van der Waals surface area contributed by atoms with Crippen LogP contribution in [-0.4, -0.2) is 11.9 Å². The molecule has 1 amide bonds. The van der Waals surface area contributed by atoms with Crippen LogP contribution >= 0.6 is 12.4 Å². The van der Waals surface area contributed by atoms with E-state index in [1.807, 2.05) is 6.92 Å². The number of halogens is 1. The molecule has 18 heavy (non-hydrogen) atoms. The number of nitrogens with one attached hydrogen (secondary N) is 1. The number of hydrogen-bond donors (Lipinski definition) is 2. The van der Waals surface area contributed by atoms with Gasteiger partial charge in [-0.2, -0.15) is 0 Å². The van der Waals surface area contributed by atoms with Gasteiger partial charge in [-0.1, -0.05) is 36.8 Å². The average molecular weight is 271 g/mol. The quantitative estimate of drug-likeness (QED) is 0.864. The van der Waals surface area contributed by atoms with E-state index in [2.05, 4.69) is 43.4 Å². The van der Waals surface area contributed by atoms with Crippen molar-refractivity contribution in [1.82, 2.24) is 5.32 Å². The molecule has 3 N–H and O–H groups in total. The van der Waals surface area contributed by atoms with Crippen LogP contribution in [0.4, 0.5) is 0 Å². The maximum Gasteiger partial charge on any atom is 0.222 e. The lowest BCUT2D eigenvalue weighted by molar-refractivity contribution is -0.122. The first-order valence-corrected chi connectivity index (χ1v) is 6.14. The highest BCUT2D eigenvalue weighted by Gasteiger charge is 2.13. The monoisotopic (exact) mass is 270 g/mol. The molecule has 3 nitrogen and oxygen atoms in total. The van der Waals surface area contributed by atoms with Crippen LogP contribution in [0.2, 0.25) is 0 Å². The Morgan fingerprint density at radius 3 is 2.33 bits per heavy atom. The van der Waals surface area contributed by atoms with Crippen molar-refractivity contribution in [2.24, 2.45) is 5.73 Å². The molecule has 0 heterocycles. The van der Waals surface area contributed by atoms with Gasteiger partial charge in [-0.05, 0) is 25.8 Å². The van der Waals surface area contributed by atoms with E-state index in [-0.39, 0.29) is 30.4 Å². The first-order chi connectivity index (χ1) is 8.02. The number of aryl methyl sites for hydroxylation is 1. The molecule has 2 unspecified atom stereocenters. The number of carbonyl (C=O) groups is 1. The number of benzene rings is 1. The molecule has 1 aromatic carbocycles. The molecule has 0 spiro atoms. The molecule has 0 saturated heterocycles. The molecule has 102 valence electrons. The van der Waals surface area contributed by atoms with Crippen LogP contribution in [0.15, 0.2) is 24.3 Å². The van der Waals surface area contributed by atoms with Crippen molar-refractivity contribution in [1.29, 1.82) is 0 Å². The first-order valence-electron chi connectivity index (χ1n) is 6.14. The molecule has 0 aromatic heterocycles. The zero-order valence-electron chi connectivity index (χ0n) is 11.3. The highest BCUT2D eigenvalue weighted by Crippen LogP contribution is 2.17. The van der Waals surface area contributed by atoms with Crippen molar-refractivity contribution in [3.63, 3.8) is 0 Å². The third-order valence-corrected chi connectivity index (χ3v) is 2.73. The molecule has 0 aliphatic carbocycles. The summed E-state index contributed by atoms with van der Waals surface area (Å²) >= 11 is 0. The second-order valence-electron chi connectivity index (χ2n) is 4.62. The van der Waals surface area contributed by atoms with Gasteiger partial charge >= 0.3 is 0 Å². The van der Waals surface area contributed by atoms with Crippen molar-refractivity contribution in [2.75, 3.05) is 0 Å². The Morgan fingerprint density at radius 1 is 1.33 bits per heavy atom. The molecular weight excluding hydrogens is 248 g/mol. The van der Waals surface area contributed by atoms with E-state index in [9.17, 15) is 4.79 Å². The summed E-state index contributed by atoms with van der Waals surface area (Å²) in [5.74, 6) is 0.0208. The highest BCUT2D eigenvalue weighted by molar-refractivity contribution is 5.85. The molecular formula is C14H23ClN2O. The largest absolute Gasteiger partial charge is 0.349 e. The van der Waals surface area contributed by atoms with Crippen LogP contribution in [0, 0.1) is 6.92 Å². The van der Waals surface area contributed by atoms with Gasteiger partial charge in [-0.15, -0.1) is 12.4 Å². The molecule has 0 fully saturated rings. The summed E-state index contributed by atoms with van der Waals surface area (Å²) in [5, 5.41) is 3.01. The first kappa shape index (κ1) is 16.9. The molecule has 0 aliphatic rings. The molecule has 2 atom stereocenters. The van der Waals surface area contributed by atoms with Gasteiger partial charge in [-0.3, -0.25) is 4.79 Å². The second kappa shape index (κ2) is 8.11. The van der Waals surface area contributed by atoms with Gasteiger partial charge in [0, 0.05) is 12.5 Å². The third-order valence-electron chi connectivity index (χ3n) is 2.73. The Bertz CT molecular complexity index is 363. The minimum atomic E-state index is -0.0921. The van der Waals surface area contributed by atoms with Crippen LogP contribution in [0.1, 0.15) is 43.9 Å². The standard InChI is InChI=1S/C14H22N2O.ClH/c1-4-13(16-14(17)9-11(3)15)12-7-5-10(2)6-8-12;/h5-8,11,13H,4,9,15H2,1-3H3,(H,16,17);1H. The second-order valence-corrected chi connectivity index (χ2v) is 4.62. The smallest absolute Gasteiger partial charge is 0.222 e. The van der Waals surface area contributed by atoms with Crippen molar-refractivity contribution in [3.05, 3.63) is 35.4 Å². The van der Waals surface area contributed by atoms with E-state index in [1.54, 1.807) is 0 Å². The number of hydrogen-bond acceptors (Lipinski definition) is 2. The van der Waals surface area contributed by atoms with E-state index >= 15 is 0 Å². The Balaban J connectivity index is 0.00000289. The van der Waals surface area contributed by atoms with Crippen molar-refractivity contribution in [2.45, 2.75) is 45.7 Å². The van der Waals surface area contributed by atoms with Gasteiger partial charge in [0.25, 0.3) is 0 Å². The number of nitrogens with two attached hydrogens (primary N) is 1. The van der Waals surface area contributed by atoms with Crippen molar-refractivity contribution in [3.8, 4) is 0 Å². The lowest BCUT2D eigenvalue weighted by atomic mass is 10.0. The third kappa shape index (κ3) is 5.52. The van der Waals surface area contributed by atoms with E-state index in [4.69, 9.17) is 5.73 Å². The van der Waals surface area contributed by atoms with Crippen LogP contribution in [0.3, 0.4) is 0 Å². The zero-order chi connectivity index (χ0) is 12.8. The van der Waals surface area contributed by atoms with Gasteiger partial charge in [0.15, 0.2) is 0 Å². The summed E-state index contributed by atoms with van der Waals surface area (Å²) in [6.45, 7) is 5.96. The Labute approximate surface area is 116 Å². The van der Waals surface area contributed by atoms with Gasteiger partial charge in [0.1, 0.15) is 0 Å². The molecule has 0 bridgehead atoms. The fourth-order valence-electron chi connectivity index (χ4n) is 1.77. The molecule has 1 aromatic rings. The van der Waals surface area contributed by atoms with Crippen LogP contribution in [-0.2, 0) is 4.79 Å². The summed E-state index contributed by atoms with van der Waals surface area (Å²) in [7, 11) is 0. The maximum atomic E-state index is 11.7. The Hall–Kier alpha value is -1.06. The Morgan fingerprint density at radius 2 is 1.89 bits per heavy atom. The van der Waals surface area contributed by atoms with Crippen molar-refractivity contribution < 1.29 is 4.79 Å². The van der Waals surface area contributed by atoms with E-state index in [1.165, 1.54) is 5.56 Å². The number of carbonyl (C=O) groups excluding carboxylic acids is 1. The SMILES string of the molecule is CCC(NC(=O)CC(C)N)c1ccc(C)cc1.Cl. The zero-order valence-corrected chi connectivity index (χ0v) is 12.1. The minimum absolute atomic E-state index is 0. The topological polar surface area (TPSA) is 55.1 Å². The van der Waals surface area contributed by atoms with Crippen LogP contribution < -0.4 is 11.1 Å². The van der Waals surface area contributed by atoms with Gasteiger partial charge in [-0.25, -0.2) is 0 Å². The normalized spacial score (nSPS) is 13.3. The maximum absolute atomic E-state index is 11.7. The fraction of sp³-hybridized carbons (Fsp3) is 0.500. The summed E-state index contributed by atoms with van der Waals surface area (Å²) in [4.78, 5) is 11.7. The minimum Gasteiger partial charge on any atom is -0.349 e. The van der Waals surface area contributed by atoms with Crippen LogP contribution in [0.5, 0.6) is 0 Å². The van der Waals surface area contributed by atoms with E-state index < -0.39 is 0 Å². The molecule has 0 radical (unpaired) electrons. The van der Waals surface area contributed by atoms with E-state index in [0.29, 0.717) is 6.42 Å². The molecule has 0 saturated carbocycles. The lowest BCUT2D eigenvalue weighted by Crippen LogP contribution is -2.32. The molecule has 4 heteroatoms. The highest BCUT2D eigenvalue weighted by atomic mass is 35.5. The lowest BCUT2D eigenvalue weighted by Gasteiger charge is -2.18. The molecule has 0 aliphatic heterocycles. The predicted molar refractivity (Wildman–Crippen MR) is 77.9 cm³/mol. The van der Waals surface area contributed by atoms with E-state index in [0.717, 1.165) is 12.0 Å². The van der Waals surface area contributed by atoms with Crippen molar-refractivity contribution >= 4 is 18.3 Å². The summed E-state index contributed by atoms with van der Waals surface area (Å²) in [6.07, 6.45) is 1.26.